The maximum atomic E-state index is 10.9. The lowest BCUT2D eigenvalue weighted by atomic mass is 10.00. The van der Waals surface area contributed by atoms with Crippen LogP contribution in [-0.2, 0) is 16.7 Å². The molecule has 1 fully saturated rings. The second-order valence-corrected chi connectivity index (χ2v) is 6.52. The Bertz CT molecular complexity index is 501. The zero-order valence-corrected chi connectivity index (χ0v) is 12.6. The average Bonchev–Trinajstić information content (AvgIpc) is 2.28. The molecule has 1 aromatic rings. The number of benzene rings is 1. The molecule has 1 atom stereocenters. The summed E-state index contributed by atoms with van der Waals surface area (Å²) in [4.78, 5) is 2.34. The van der Waals surface area contributed by atoms with Crippen molar-refractivity contribution in [3.05, 3.63) is 29.8 Å². The smallest absolute Gasteiger partial charge is 0.294 e. The molecule has 0 bridgehead atoms. The van der Waals surface area contributed by atoms with Crippen LogP contribution in [0.2, 0.25) is 0 Å². The number of nitrogens with zero attached hydrogens (tertiary/aromatic N) is 1. The van der Waals surface area contributed by atoms with Crippen molar-refractivity contribution in [2.45, 2.75) is 31.2 Å². The number of piperidine rings is 1. The highest BCUT2D eigenvalue weighted by molar-refractivity contribution is 7.85. The zero-order valence-electron chi connectivity index (χ0n) is 10.9. The van der Waals surface area contributed by atoms with E-state index in [0.717, 1.165) is 31.1 Å². The van der Waals surface area contributed by atoms with Gasteiger partial charge in [-0.3, -0.25) is 9.45 Å². The molecular weight excluding hydrogens is 286 g/mol. The summed E-state index contributed by atoms with van der Waals surface area (Å²) in [5.41, 5.74) is 1.08. The lowest BCUT2D eigenvalue weighted by molar-refractivity contribution is 0.176. The van der Waals surface area contributed by atoms with E-state index in [1.807, 2.05) is 0 Å². The van der Waals surface area contributed by atoms with E-state index >= 15 is 0 Å². The summed E-state index contributed by atoms with van der Waals surface area (Å²) in [6.07, 6.45) is 2.52. The minimum atomic E-state index is -4.08. The lowest BCUT2D eigenvalue weighted by Gasteiger charge is -2.30. The molecule has 0 amide bonds. The van der Waals surface area contributed by atoms with E-state index in [0.29, 0.717) is 0 Å². The van der Waals surface area contributed by atoms with Crippen molar-refractivity contribution < 1.29 is 13.0 Å². The highest BCUT2D eigenvalue weighted by Gasteiger charge is 2.16. The molecule has 1 N–H and O–H groups in total. The summed E-state index contributed by atoms with van der Waals surface area (Å²) in [6.45, 7) is 5.30. The molecule has 108 valence electrons. The standard InChI is InChI=1S/C13H19NO3S.ClH/c1-11-3-2-8-14(9-11)10-12-4-6-13(7-5-12)18(15,16)17;/h4-7,11H,2-3,8-10H2,1H3,(H,15,16,17);1H. The van der Waals surface area contributed by atoms with Crippen LogP contribution >= 0.6 is 12.4 Å². The summed E-state index contributed by atoms with van der Waals surface area (Å²) in [7, 11) is -4.08. The third kappa shape index (κ3) is 4.76. The first-order valence-corrected chi connectivity index (χ1v) is 7.68. The molecule has 1 aliphatic rings. The second-order valence-electron chi connectivity index (χ2n) is 5.10. The third-order valence-corrected chi connectivity index (χ3v) is 4.24. The Morgan fingerprint density at radius 2 is 1.95 bits per heavy atom. The van der Waals surface area contributed by atoms with Gasteiger partial charge in [-0.1, -0.05) is 19.1 Å². The van der Waals surface area contributed by atoms with Gasteiger partial charge in [0.2, 0.25) is 0 Å². The topological polar surface area (TPSA) is 57.6 Å². The Morgan fingerprint density at radius 1 is 1.32 bits per heavy atom. The Balaban J connectivity index is 0.00000180. The number of hydrogen-bond donors (Lipinski definition) is 1. The molecule has 4 nitrogen and oxygen atoms in total. The van der Waals surface area contributed by atoms with Gasteiger partial charge in [0.25, 0.3) is 10.1 Å². The van der Waals surface area contributed by atoms with Crippen molar-refractivity contribution in [2.75, 3.05) is 13.1 Å². The predicted octanol–water partition coefficient (Wildman–Crippen LogP) is 2.59. The van der Waals surface area contributed by atoms with Gasteiger partial charge in [-0.25, -0.2) is 0 Å². The van der Waals surface area contributed by atoms with Gasteiger partial charge in [0.05, 0.1) is 4.90 Å². The van der Waals surface area contributed by atoms with Crippen molar-refractivity contribution in [3.8, 4) is 0 Å². The zero-order chi connectivity index (χ0) is 13.2. The van der Waals surface area contributed by atoms with Crippen LogP contribution in [0, 0.1) is 5.92 Å². The van der Waals surface area contributed by atoms with E-state index in [1.54, 1.807) is 12.1 Å². The fraction of sp³-hybridized carbons (Fsp3) is 0.538. The predicted molar refractivity (Wildman–Crippen MR) is 77.2 cm³/mol. The summed E-state index contributed by atoms with van der Waals surface area (Å²) >= 11 is 0. The van der Waals surface area contributed by atoms with Crippen LogP contribution in [0.5, 0.6) is 0 Å². The maximum Gasteiger partial charge on any atom is 0.294 e. The van der Waals surface area contributed by atoms with Crippen LogP contribution in [0.15, 0.2) is 29.2 Å². The van der Waals surface area contributed by atoms with E-state index in [-0.39, 0.29) is 17.3 Å². The van der Waals surface area contributed by atoms with E-state index in [9.17, 15) is 8.42 Å². The Labute approximate surface area is 121 Å². The molecule has 2 rings (SSSR count). The molecule has 0 spiro atoms. The van der Waals surface area contributed by atoms with Gasteiger partial charge in [-0.15, -0.1) is 12.4 Å². The number of hydrogen-bond acceptors (Lipinski definition) is 3. The molecule has 6 heteroatoms. The Kier molecular flexibility index (Phi) is 5.80. The van der Waals surface area contributed by atoms with Gasteiger partial charge in [0.1, 0.15) is 0 Å². The maximum absolute atomic E-state index is 10.9. The van der Waals surface area contributed by atoms with Gasteiger partial charge < -0.3 is 0 Å². The van der Waals surface area contributed by atoms with Crippen molar-refractivity contribution in [1.29, 1.82) is 0 Å². The van der Waals surface area contributed by atoms with Gasteiger partial charge in [0, 0.05) is 13.1 Å². The third-order valence-electron chi connectivity index (χ3n) is 3.37. The van der Waals surface area contributed by atoms with E-state index in [1.165, 1.54) is 25.0 Å². The first-order chi connectivity index (χ1) is 8.45. The summed E-state index contributed by atoms with van der Waals surface area (Å²) in [5.74, 6) is 0.732. The molecule has 0 aromatic heterocycles. The van der Waals surface area contributed by atoms with Gasteiger partial charge in [-0.2, -0.15) is 8.42 Å². The van der Waals surface area contributed by atoms with Crippen molar-refractivity contribution in [1.82, 2.24) is 4.90 Å². The molecule has 0 radical (unpaired) electrons. The van der Waals surface area contributed by atoms with E-state index < -0.39 is 10.1 Å². The number of halogens is 1. The van der Waals surface area contributed by atoms with Gasteiger partial charge >= 0.3 is 0 Å². The lowest BCUT2D eigenvalue weighted by Crippen LogP contribution is -2.33. The van der Waals surface area contributed by atoms with Crippen LogP contribution in [0.3, 0.4) is 0 Å². The SMILES string of the molecule is CC1CCCN(Cc2ccc(S(=O)(=O)O)cc2)C1.Cl. The van der Waals surface area contributed by atoms with Crippen LogP contribution < -0.4 is 0 Å². The van der Waals surface area contributed by atoms with Gasteiger partial charge in [0.15, 0.2) is 0 Å². The van der Waals surface area contributed by atoms with Crippen LogP contribution in [0.4, 0.5) is 0 Å². The van der Waals surface area contributed by atoms with Crippen LogP contribution in [-0.4, -0.2) is 31.0 Å². The Hall–Kier alpha value is -0.620. The molecule has 1 unspecified atom stereocenters. The minimum absolute atomic E-state index is 0. The number of likely N-dealkylation sites (tertiary alicyclic amines) is 1. The molecule has 1 saturated heterocycles. The fourth-order valence-electron chi connectivity index (χ4n) is 2.46. The summed E-state index contributed by atoms with van der Waals surface area (Å²) < 4.78 is 30.7. The van der Waals surface area contributed by atoms with Gasteiger partial charge in [-0.05, 0) is 43.0 Å². The highest BCUT2D eigenvalue weighted by atomic mass is 35.5. The minimum Gasteiger partial charge on any atom is -0.299 e. The van der Waals surface area contributed by atoms with Crippen LogP contribution in [0.25, 0.3) is 0 Å². The number of rotatable bonds is 3. The summed E-state index contributed by atoms with van der Waals surface area (Å²) in [6, 6.07) is 6.45. The molecular formula is C13H20ClNO3S. The quantitative estimate of drug-likeness (QED) is 0.872. The summed E-state index contributed by atoms with van der Waals surface area (Å²) in [5, 5.41) is 0. The molecule has 0 saturated carbocycles. The monoisotopic (exact) mass is 305 g/mol. The highest BCUT2D eigenvalue weighted by Crippen LogP contribution is 2.18. The average molecular weight is 306 g/mol. The van der Waals surface area contributed by atoms with Crippen molar-refractivity contribution >= 4 is 22.5 Å². The largest absolute Gasteiger partial charge is 0.299 e. The molecule has 1 aromatic carbocycles. The van der Waals surface area contributed by atoms with E-state index in [2.05, 4.69) is 11.8 Å². The molecule has 1 heterocycles. The molecule has 0 aliphatic carbocycles. The van der Waals surface area contributed by atoms with Crippen LogP contribution in [0.1, 0.15) is 25.3 Å². The van der Waals surface area contributed by atoms with Crippen molar-refractivity contribution in [2.24, 2.45) is 5.92 Å². The van der Waals surface area contributed by atoms with Crippen molar-refractivity contribution in [3.63, 3.8) is 0 Å². The van der Waals surface area contributed by atoms with E-state index in [4.69, 9.17) is 4.55 Å². The Morgan fingerprint density at radius 3 is 2.47 bits per heavy atom. The molecule has 19 heavy (non-hydrogen) atoms. The second kappa shape index (κ2) is 6.70. The fourth-order valence-corrected chi connectivity index (χ4v) is 2.94. The first-order valence-electron chi connectivity index (χ1n) is 6.24. The normalized spacial score (nSPS) is 20.8. The molecule has 1 aliphatic heterocycles. The first kappa shape index (κ1) is 16.4.